The van der Waals surface area contributed by atoms with Gasteiger partial charge in [0, 0.05) is 18.3 Å². The molecule has 6 nitrogen and oxygen atoms in total. The van der Waals surface area contributed by atoms with Gasteiger partial charge in [-0.25, -0.2) is 4.98 Å². The summed E-state index contributed by atoms with van der Waals surface area (Å²) in [4.78, 5) is 27.6. The second-order valence-electron chi connectivity index (χ2n) is 6.25. The van der Waals surface area contributed by atoms with Gasteiger partial charge in [0.15, 0.2) is 5.78 Å². The van der Waals surface area contributed by atoms with E-state index in [1.165, 1.54) is 7.11 Å². The molecule has 0 radical (unpaired) electrons. The summed E-state index contributed by atoms with van der Waals surface area (Å²) >= 11 is 0. The summed E-state index contributed by atoms with van der Waals surface area (Å²) in [6.45, 7) is 0.588. The largest absolute Gasteiger partial charge is 0.469 e. The van der Waals surface area contributed by atoms with Crippen molar-refractivity contribution in [3.8, 4) is 11.1 Å². The third kappa shape index (κ3) is 4.73. The lowest BCUT2D eigenvalue weighted by Gasteiger charge is -2.10. The summed E-state index contributed by atoms with van der Waals surface area (Å²) in [6, 6.07) is 18.9. The van der Waals surface area contributed by atoms with Crippen molar-refractivity contribution in [2.45, 2.75) is 13.0 Å². The van der Waals surface area contributed by atoms with Crippen molar-refractivity contribution in [3.63, 3.8) is 0 Å². The first kappa shape index (κ1) is 19.1. The number of hydrogen-bond acceptors (Lipinski definition) is 6. The molecule has 0 atom stereocenters. The van der Waals surface area contributed by atoms with E-state index in [1.54, 1.807) is 24.4 Å². The molecule has 3 rings (SSSR count). The summed E-state index contributed by atoms with van der Waals surface area (Å²) in [5.74, 6) is -0.354. The Labute approximate surface area is 163 Å². The summed E-state index contributed by atoms with van der Waals surface area (Å²) < 4.78 is 4.56. The average molecular weight is 375 g/mol. The quantitative estimate of drug-likeness (QED) is 0.372. The number of benzene rings is 2. The van der Waals surface area contributed by atoms with Crippen LogP contribution in [0.1, 0.15) is 22.3 Å². The fourth-order valence-corrected chi connectivity index (χ4v) is 2.80. The molecular weight excluding hydrogens is 354 g/mol. The molecule has 142 valence electrons. The highest BCUT2D eigenvalue weighted by Crippen LogP contribution is 2.23. The van der Waals surface area contributed by atoms with Gasteiger partial charge in [-0.2, -0.15) is 0 Å². The number of hydrogen-bond donors (Lipinski definition) is 2. The Hall–Kier alpha value is -3.67. The minimum atomic E-state index is -0.543. The zero-order valence-electron chi connectivity index (χ0n) is 15.5. The van der Waals surface area contributed by atoms with Gasteiger partial charge in [-0.3, -0.25) is 9.59 Å². The number of aromatic nitrogens is 1. The van der Waals surface area contributed by atoms with Crippen molar-refractivity contribution in [1.82, 2.24) is 4.98 Å². The molecule has 0 saturated heterocycles. The van der Waals surface area contributed by atoms with E-state index in [-0.39, 0.29) is 12.2 Å². The highest BCUT2D eigenvalue weighted by molar-refractivity contribution is 6.06. The van der Waals surface area contributed by atoms with Gasteiger partial charge in [0.25, 0.3) is 0 Å². The van der Waals surface area contributed by atoms with Crippen LogP contribution in [0.3, 0.4) is 0 Å². The maximum atomic E-state index is 12.2. The molecule has 1 aromatic heterocycles. The van der Waals surface area contributed by atoms with Gasteiger partial charge in [0.2, 0.25) is 0 Å². The molecule has 0 bridgehead atoms. The maximum Gasteiger partial charge on any atom is 0.313 e. The second kappa shape index (κ2) is 8.81. The fraction of sp³-hybridized carbons (Fsp3) is 0.136. The predicted molar refractivity (Wildman–Crippen MR) is 109 cm³/mol. The van der Waals surface area contributed by atoms with Gasteiger partial charge in [-0.1, -0.05) is 36.4 Å². The lowest BCUT2D eigenvalue weighted by Crippen LogP contribution is -2.09. The molecule has 0 aliphatic heterocycles. The van der Waals surface area contributed by atoms with Gasteiger partial charge < -0.3 is 15.8 Å². The van der Waals surface area contributed by atoms with Crippen molar-refractivity contribution in [2.75, 3.05) is 18.2 Å². The summed E-state index contributed by atoms with van der Waals surface area (Å²) in [5, 5.41) is 3.27. The van der Waals surface area contributed by atoms with Crippen molar-refractivity contribution in [3.05, 3.63) is 78.0 Å². The molecule has 0 aliphatic carbocycles. The van der Waals surface area contributed by atoms with E-state index < -0.39 is 5.97 Å². The van der Waals surface area contributed by atoms with Crippen LogP contribution in [-0.4, -0.2) is 23.8 Å². The number of nitrogens with one attached hydrogen (secondary N) is 1. The predicted octanol–water partition coefficient (Wildman–Crippen LogP) is 3.69. The van der Waals surface area contributed by atoms with Gasteiger partial charge >= 0.3 is 5.97 Å². The normalized spacial score (nSPS) is 10.3. The number of ketones is 1. The van der Waals surface area contributed by atoms with Crippen molar-refractivity contribution >= 4 is 23.3 Å². The number of carbonyl (C=O) groups is 2. The number of ether oxygens (including phenoxy) is 1. The number of esters is 1. The number of Topliss-reactive ketones (excluding diaryl/α,β-unsaturated/α-hetero) is 1. The van der Waals surface area contributed by atoms with E-state index >= 15 is 0 Å². The minimum Gasteiger partial charge on any atom is -0.469 e. The Morgan fingerprint density at radius 3 is 2.54 bits per heavy atom. The number of pyridine rings is 1. The molecule has 3 aromatic rings. The lowest BCUT2D eigenvalue weighted by atomic mass is 9.99. The number of rotatable bonds is 7. The molecule has 1 heterocycles. The molecule has 0 unspecified atom stereocenters. The second-order valence-corrected chi connectivity index (χ2v) is 6.25. The van der Waals surface area contributed by atoms with Gasteiger partial charge in [-0.15, -0.1) is 0 Å². The molecular formula is C22H21N3O3. The first-order chi connectivity index (χ1) is 13.6. The van der Waals surface area contributed by atoms with Crippen LogP contribution in [0.2, 0.25) is 0 Å². The highest BCUT2D eigenvalue weighted by Gasteiger charge is 2.13. The van der Waals surface area contributed by atoms with E-state index in [1.807, 2.05) is 42.5 Å². The molecule has 0 spiro atoms. The van der Waals surface area contributed by atoms with E-state index in [0.717, 1.165) is 22.4 Å². The molecule has 0 aliphatic rings. The molecule has 2 aromatic carbocycles. The van der Waals surface area contributed by atoms with Crippen molar-refractivity contribution in [1.29, 1.82) is 0 Å². The van der Waals surface area contributed by atoms with Crippen LogP contribution in [0, 0.1) is 0 Å². The molecule has 6 heteroatoms. The van der Waals surface area contributed by atoms with Crippen LogP contribution in [0.4, 0.5) is 11.5 Å². The average Bonchev–Trinajstić information content (AvgIpc) is 2.73. The molecule has 0 fully saturated rings. The number of nitrogen functional groups attached to an aromatic ring is 1. The number of nitrogens with zero attached hydrogens (tertiary/aromatic N) is 1. The Morgan fingerprint density at radius 2 is 1.79 bits per heavy atom. The zero-order chi connectivity index (χ0) is 19.9. The van der Waals surface area contributed by atoms with Crippen molar-refractivity contribution in [2.24, 2.45) is 0 Å². The van der Waals surface area contributed by atoms with Crippen LogP contribution in [0.5, 0.6) is 0 Å². The fourth-order valence-electron chi connectivity index (χ4n) is 2.80. The smallest absolute Gasteiger partial charge is 0.313 e. The van der Waals surface area contributed by atoms with E-state index in [2.05, 4.69) is 15.0 Å². The molecule has 0 saturated carbocycles. The number of nitrogens with two attached hydrogens (primary N) is 1. The Kier molecular flexibility index (Phi) is 6.01. The van der Waals surface area contributed by atoms with E-state index in [4.69, 9.17) is 5.73 Å². The molecule has 0 amide bonds. The Morgan fingerprint density at radius 1 is 1.04 bits per heavy atom. The highest BCUT2D eigenvalue weighted by atomic mass is 16.5. The molecule has 28 heavy (non-hydrogen) atoms. The zero-order valence-corrected chi connectivity index (χ0v) is 15.5. The first-order valence-electron chi connectivity index (χ1n) is 8.80. The third-order valence-electron chi connectivity index (χ3n) is 4.30. The van der Waals surface area contributed by atoms with E-state index in [0.29, 0.717) is 17.9 Å². The van der Waals surface area contributed by atoms with Crippen LogP contribution >= 0.6 is 0 Å². The standard InChI is InChI=1S/C22H21N3O3/c1-28-21(27)13-20(26)18-8-3-7-17(12-18)16-6-2-5-15(11-16)14-25-19-9-4-10-24-22(19)23/h2-12,25H,13-14H2,1H3,(H2,23,24). The van der Waals surface area contributed by atoms with Crippen LogP contribution < -0.4 is 11.1 Å². The minimum absolute atomic E-state index is 0.265. The number of anilines is 2. The summed E-state index contributed by atoms with van der Waals surface area (Å²) in [5.41, 5.74) is 10.1. The summed E-state index contributed by atoms with van der Waals surface area (Å²) in [7, 11) is 1.27. The SMILES string of the molecule is COC(=O)CC(=O)c1cccc(-c2cccc(CNc3cccnc3N)c2)c1. The van der Waals surface area contributed by atoms with Crippen LogP contribution in [-0.2, 0) is 16.1 Å². The monoisotopic (exact) mass is 375 g/mol. The van der Waals surface area contributed by atoms with Gasteiger partial charge in [-0.05, 0) is 41.0 Å². The van der Waals surface area contributed by atoms with Crippen molar-refractivity contribution < 1.29 is 14.3 Å². The lowest BCUT2D eigenvalue weighted by molar-refractivity contribution is -0.139. The topological polar surface area (TPSA) is 94.3 Å². The summed E-state index contributed by atoms with van der Waals surface area (Å²) in [6.07, 6.45) is 1.38. The number of carbonyl (C=O) groups excluding carboxylic acids is 2. The maximum absolute atomic E-state index is 12.2. The third-order valence-corrected chi connectivity index (χ3v) is 4.30. The Bertz CT molecular complexity index is 1000. The Balaban J connectivity index is 1.76. The number of methoxy groups -OCH3 is 1. The van der Waals surface area contributed by atoms with Crippen LogP contribution in [0.25, 0.3) is 11.1 Å². The van der Waals surface area contributed by atoms with E-state index in [9.17, 15) is 9.59 Å². The van der Waals surface area contributed by atoms with Gasteiger partial charge in [0.05, 0.1) is 12.8 Å². The molecule has 3 N–H and O–H groups in total. The first-order valence-corrected chi connectivity index (χ1v) is 8.80. The van der Waals surface area contributed by atoms with Crippen LogP contribution in [0.15, 0.2) is 66.9 Å². The van der Waals surface area contributed by atoms with Gasteiger partial charge in [0.1, 0.15) is 12.2 Å².